The summed E-state index contributed by atoms with van der Waals surface area (Å²) < 4.78 is 2.17. The van der Waals surface area contributed by atoms with Crippen LogP contribution >= 0.6 is 0 Å². The van der Waals surface area contributed by atoms with Gasteiger partial charge in [-0.05, 0) is 36.8 Å². The van der Waals surface area contributed by atoms with E-state index in [1.807, 2.05) is 48.5 Å². The number of para-hydroxylation sites is 4. The topological polar surface area (TPSA) is 68.1 Å². The van der Waals surface area contributed by atoms with Crippen LogP contribution in [0.4, 0.5) is 5.69 Å². The molecule has 0 saturated heterocycles. The second-order valence-corrected chi connectivity index (χ2v) is 7.71. The zero-order valence-electron chi connectivity index (χ0n) is 16.7. The highest BCUT2D eigenvalue weighted by Crippen LogP contribution is 2.30. The van der Waals surface area contributed by atoms with E-state index >= 15 is 0 Å². The fourth-order valence-electron chi connectivity index (χ4n) is 4.47. The molecule has 0 unspecified atom stereocenters. The molecule has 6 rings (SSSR count). The highest BCUT2D eigenvalue weighted by Gasteiger charge is 2.34. The number of benzene rings is 3. The smallest absolute Gasteiger partial charge is 0.299 e. The van der Waals surface area contributed by atoms with Gasteiger partial charge in [-0.25, -0.2) is 9.97 Å². The summed E-state index contributed by atoms with van der Waals surface area (Å²) in [7, 11) is 0. The van der Waals surface area contributed by atoms with Gasteiger partial charge >= 0.3 is 0 Å². The quantitative estimate of drug-likeness (QED) is 0.416. The maximum atomic E-state index is 12.5. The second kappa shape index (κ2) is 6.74. The van der Waals surface area contributed by atoms with Crippen molar-refractivity contribution in [2.75, 3.05) is 11.4 Å². The van der Waals surface area contributed by atoms with Gasteiger partial charge < -0.3 is 9.47 Å². The monoisotopic (exact) mass is 406 g/mol. The van der Waals surface area contributed by atoms with Gasteiger partial charge in [0.25, 0.3) is 11.7 Å². The zero-order valence-corrected chi connectivity index (χ0v) is 16.7. The lowest BCUT2D eigenvalue weighted by Crippen LogP contribution is -2.31. The Labute approximate surface area is 177 Å². The van der Waals surface area contributed by atoms with Crippen LogP contribution in [0.25, 0.3) is 33.1 Å². The third-order valence-electron chi connectivity index (χ3n) is 5.90. The maximum Gasteiger partial charge on any atom is 0.299 e. The normalized spacial score (nSPS) is 13.6. The molecule has 0 spiro atoms. The SMILES string of the molecule is O=C1C(=O)N(CCCn2c3ccccc3c3nc4ccccc4nc32)c2ccccc21. The standard InChI is InChI=1S/C25H18N4O2/c30-23-17-9-2-6-13-21(17)29(25(23)31)15-7-14-28-20-12-5-1-8-16(20)22-24(28)27-19-11-4-3-10-18(19)26-22/h1-6,8-13H,7,14-15H2. The molecule has 3 aromatic carbocycles. The summed E-state index contributed by atoms with van der Waals surface area (Å²) in [5.74, 6) is -0.876. The summed E-state index contributed by atoms with van der Waals surface area (Å²) in [5, 5.41) is 1.06. The third kappa shape index (κ3) is 2.65. The van der Waals surface area contributed by atoms with E-state index in [1.165, 1.54) is 0 Å². The summed E-state index contributed by atoms with van der Waals surface area (Å²) >= 11 is 0. The molecule has 2 aromatic heterocycles. The minimum Gasteiger partial charge on any atom is -0.324 e. The van der Waals surface area contributed by atoms with Gasteiger partial charge in [-0.1, -0.05) is 42.5 Å². The molecule has 31 heavy (non-hydrogen) atoms. The van der Waals surface area contributed by atoms with Crippen molar-refractivity contribution in [3.8, 4) is 0 Å². The summed E-state index contributed by atoms with van der Waals surface area (Å²) in [4.78, 5) is 36.1. The van der Waals surface area contributed by atoms with Crippen LogP contribution in [0.15, 0.2) is 72.8 Å². The van der Waals surface area contributed by atoms with Crippen molar-refractivity contribution in [2.45, 2.75) is 13.0 Å². The molecular formula is C25H18N4O2. The number of ketones is 1. The number of hydrogen-bond acceptors (Lipinski definition) is 4. The van der Waals surface area contributed by atoms with Gasteiger partial charge in [-0.3, -0.25) is 9.59 Å². The van der Waals surface area contributed by atoms with E-state index in [9.17, 15) is 9.59 Å². The number of aromatic nitrogens is 3. The summed E-state index contributed by atoms with van der Waals surface area (Å²) in [5.41, 5.74) is 5.70. The molecule has 1 amide bonds. The first-order valence-electron chi connectivity index (χ1n) is 10.3. The van der Waals surface area contributed by atoms with Gasteiger partial charge in [0, 0.05) is 18.5 Å². The number of fused-ring (bicyclic) bond motifs is 5. The van der Waals surface area contributed by atoms with E-state index in [-0.39, 0.29) is 0 Å². The molecule has 0 radical (unpaired) electrons. The molecular weight excluding hydrogens is 388 g/mol. The highest BCUT2D eigenvalue weighted by atomic mass is 16.2. The number of rotatable bonds is 4. The Morgan fingerprint density at radius 1 is 0.742 bits per heavy atom. The van der Waals surface area contributed by atoms with Crippen molar-refractivity contribution >= 4 is 50.5 Å². The summed E-state index contributed by atoms with van der Waals surface area (Å²) in [6.45, 7) is 1.13. The first-order chi connectivity index (χ1) is 15.2. The van der Waals surface area contributed by atoms with Crippen LogP contribution in [0.3, 0.4) is 0 Å². The Balaban J connectivity index is 1.37. The molecule has 0 saturated carbocycles. The van der Waals surface area contributed by atoms with E-state index in [2.05, 4.69) is 16.7 Å². The molecule has 1 aliphatic heterocycles. The largest absolute Gasteiger partial charge is 0.324 e. The molecule has 5 aromatic rings. The van der Waals surface area contributed by atoms with Gasteiger partial charge in [-0.2, -0.15) is 0 Å². The van der Waals surface area contributed by atoms with Gasteiger partial charge in [0.05, 0.1) is 27.8 Å². The molecule has 0 fully saturated rings. The van der Waals surface area contributed by atoms with Crippen LogP contribution in [0.1, 0.15) is 16.8 Å². The Kier molecular flexibility index (Phi) is 3.86. The fourth-order valence-corrected chi connectivity index (χ4v) is 4.47. The van der Waals surface area contributed by atoms with Crippen molar-refractivity contribution < 1.29 is 9.59 Å². The minimum absolute atomic E-state index is 0.426. The lowest BCUT2D eigenvalue weighted by molar-refractivity contribution is -0.114. The number of carbonyl (C=O) groups excluding carboxylic acids is 2. The first-order valence-corrected chi connectivity index (χ1v) is 10.3. The van der Waals surface area contributed by atoms with Crippen LogP contribution in [-0.2, 0) is 11.3 Å². The van der Waals surface area contributed by atoms with Crippen LogP contribution in [0, 0.1) is 0 Å². The molecule has 1 aliphatic rings. The molecule has 0 aliphatic carbocycles. The van der Waals surface area contributed by atoms with Crippen LogP contribution in [0.5, 0.6) is 0 Å². The average Bonchev–Trinajstić information content (AvgIpc) is 3.24. The number of anilines is 1. The first kappa shape index (κ1) is 17.8. The van der Waals surface area contributed by atoms with Crippen molar-refractivity contribution in [1.82, 2.24) is 14.5 Å². The number of aryl methyl sites for hydroxylation is 1. The second-order valence-electron chi connectivity index (χ2n) is 7.71. The molecule has 0 atom stereocenters. The lowest BCUT2D eigenvalue weighted by Gasteiger charge is -2.17. The van der Waals surface area contributed by atoms with E-state index in [0.717, 1.165) is 33.1 Å². The highest BCUT2D eigenvalue weighted by molar-refractivity contribution is 6.52. The lowest BCUT2D eigenvalue weighted by atomic mass is 10.1. The van der Waals surface area contributed by atoms with E-state index in [0.29, 0.717) is 30.8 Å². The van der Waals surface area contributed by atoms with E-state index in [1.54, 1.807) is 17.0 Å². The Morgan fingerprint density at radius 2 is 1.45 bits per heavy atom. The van der Waals surface area contributed by atoms with Gasteiger partial charge in [0.1, 0.15) is 5.52 Å². The third-order valence-corrected chi connectivity index (χ3v) is 5.90. The molecule has 3 heterocycles. The Morgan fingerprint density at radius 3 is 2.32 bits per heavy atom. The summed E-state index contributed by atoms with van der Waals surface area (Å²) in [6, 6.07) is 23.2. The molecule has 6 nitrogen and oxygen atoms in total. The van der Waals surface area contributed by atoms with Gasteiger partial charge in [-0.15, -0.1) is 0 Å². The predicted octanol–water partition coefficient (Wildman–Crippen LogP) is 4.36. The Bertz CT molecular complexity index is 1520. The van der Waals surface area contributed by atoms with Crippen molar-refractivity contribution in [2.24, 2.45) is 0 Å². The molecule has 6 heteroatoms. The Hall–Kier alpha value is -4.06. The van der Waals surface area contributed by atoms with Crippen LogP contribution in [-0.4, -0.2) is 32.8 Å². The minimum atomic E-state index is -0.450. The number of amides is 1. The van der Waals surface area contributed by atoms with E-state index < -0.39 is 11.7 Å². The summed E-state index contributed by atoms with van der Waals surface area (Å²) in [6.07, 6.45) is 0.690. The average molecular weight is 406 g/mol. The number of nitrogens with zero attached hydrogens (tertiary/aromatic N) is 4. The predicted molar refractivity (Wildman–Crippen MR) is 120 cm³/mol. The zero-order chi connectivity index (χ0) is 20.9. The van der Waals surface area contributed by atoms with Crippen LogP contribution in [0.2, 0.25) is 0 Å². The van der Waals surface area contributed by atoms with E-state index in [4.69, 9.17) is 9.97 Å². The molecule has 0 bridgehead atoms. The van der Waals surface area contributed by atoms with Crippen molar-refractivity contribution in [1.29, 1.82) is 0 Å². The van der Waals surface area contributed by atoms with Crippen molar-refractivity contribution in [3.63, 3.8) is 0 Å². The number of Topliss-reactive ketones (excluding diaryl/α,β-unsaturated/α-hetero) is 1. The maximum absolute atomic E-state index is 12.5. The molecule has 150 valence electrons. The van der Waals surface area contributed by atoms with Gasteiger partial charge in [0.2, 0.25) is 0 Å². The fraction of sp³-hybridized carbons (Fsp3) is 0.120. The number of hydrogen-bond donors (Lipinski definition) is 0. The van der Waals surface area contributed by atoms with Gasteiger partial charge in [0.15, 0.2) is 5.65 Å². The van der Waals surface area contributed by atoms with Crippen LogP contribution < -0.4 is 4.90 Å². The van der Waals surface area contributed by atoms with Crippen molar-refractivity contribution in [3.05, 3.63) is 78.4 Å². The molecule has 0 N–H and O–H groups in total. The number of carbonyl (C=O) groups is 2.